The lowest BCUT2D eigenvalue weighted by atomic mass is 9.74. The van der Waals surface area contributed by atoms with Gasteiger partial charge in [-0.15, -0.1) is 0 Å². The minimum absolute atomic E-state index is 0.397. The predicted octanol–water partition coefficient (Wildman–Crippen LogP) is 3.49. The van der Waals surface area contributed by atoms with Crippen molar-refractivity contribution < 1.29 is 33.9 Å². The first-order valence-corrected chi connectivity index (χ1v) is 13.2. The number of carbonyl (C=O) groups excluding carboxylic acids is 6. The van der Waals surface area contributed by atoms with Crippen molar-refractivity contribution in [3.05, 3.63) is 11.6 Å². The Bertz CT molecular complexity index is 979. The van der Waals surface area contributed by atoms with Crippen LogP contribution in [0, 0.1) is 10.8 Å². The van der Waals surface area contributed by atoms with Crippen LogP contribution in [0.1, 0.15) is 73.1 Å². The Morgan fingerprint density at radius 2 is 1.39 bits per heavy atom. The first kappa shape index (κ1) is 33.8. The zero-order valence-electron chi connectivity index (χ0n) is 22.3. The molecule has 2 heterocycles. The van der Waals surface area contributed by atoms with Gasteiger partial charge in [-0.05, 0) is 64.9 Å². The third-order valence-electron chi connectivity index (χ3n) is 6.87. The van der Waals surface area contributed by atoms with E-state index in [2.05, 4.69) is 16.0 Å². The van der Waals surface area contributed by atoms with Gasteiger partial charge in [0.15, 0.2) is 0 Å². The molecule has 0 radical (unpaired) electrons. The zero-order valence-corrected chi connectivity index (χ0v) is 24.6. The second-order valence-corrected chi connectivity index (χ2v) is 12.1. The number of hydrogen-bond acceptors (Lipinski definition) is 7. The zero-order chi connectivity index (χ0) is 29.7. The molecule has 0 aromatic carbocycles. The molecule has 1 unspecified atom stereocenters. The Hall–Kier alpha value is -2.21. The van der Waals surface area contributed by atoms with Gasteiger partial charge in [-0.2, -0.15) is 0 Å². The second-order valence-electron chi connectivity index (χ2n) is 9.81. The molecule has 3 aliphatic rings. The van der Waals surface area contributed by atoms with Crippen LogP contribution in [0.4, 0.5) is 9.59 Å². The van der Waals surface area contributed by atoms with Crippen molar-refractivity contribution in [2.75, 3.05) is 7.05 Å². The fourth-order valence-corrected chi connectivity index (χ4v) is 3.88. The van der Waals surface area contributed by atoms with E-state index in [1.54, 1.807) is 20.8 Å². The van der Waals surface area contributed by atoms with E-state index in [9.17, 15) is 28.8 Å². The number of alkyl halides is 3. The van der Waals surface area contributed by atoms with Gasteiger partial charge in [0.1, 0.15) is 16.4 Å². The molecule has 11 nitrogen and oxygen atoms in total. The first-order valence-electron chi connectivity index (χ1n) is 12.1. The molecule has 38 heavy (non-hydrogen) atoms. The van der Waals surface area contributed by atoms with E-state index in [4.69, 9.17) is 39.9 Å². The molecule has 4 N–H and O–H groups in total. The summed E-state index contributed by atoms with van der Waals surface area (Å²) in [7, 11) is 1.39. The molecule has 0 bridgehead atoms. The van der Waals surface area contributed by atoms with Crippen molar-refractivity contribution in [2.45, 2.75) is 82.5 Å². The van der Waals surface area contributed by atoms with Crippen LogP contribution in [0.3, 0.4) is 0 Å². The van der Waals surface area contributed by atoms with E-state index >= 15 is 0 Å². The Balaban J connectivity index is 0.000000306. The molecule has 0 aromatic rings. The van der Waals surface area contributed by atoms with Crippen molar-refractivity contribution in [1.82, 2.24) is 20.9 Å². The molecule has 1 atom stereocenters. The van der Waals surface area contributed by atoms with Crippen LogP contribution in [0.5, 0.6) is 0 Å². The summed E-state index contributed by atoms with van der Waals surface area (Å²) in [5.74, 6) is -1.92. The number of nitrogens with zero attached hydrogens (tertiary/aromatic N) is 1. The summed E-state index contributed by atoms with van der Waals surface area (Å²) in [6.45, 7) is 7.96. The van der Waals surface area contributed by atoms with Crippen LogP contribution < -0.4 is 16.0 Å². The van der Waals surface area contributed by atoms with Crippen molar-refractivity contribution in [3.63, 3.8) is 0 Å². The van der Waals surface area contributed by atoms with Crippen LogP contribution in [0.25, 0.3) is 0 Å². The molecule has 0 aromatic heterocycles. The Kier molecular flexibility index (Phi) is 11.4. The molecule has 2 saturated heterocycles. The molecular weight excluding hydrogens is 563 g/mol. The van der Waals surface area contributed by atoms with Gasteiger partial charge in [0, 0.05) is 7.05 Å². The van der Waals surface area contributed by atoms with Crippen LogP contribution in [-0.2, 0) is 19.2 Å². The van der Waals surface area contributed by atoms with Crippen LogP contribution in [0.15, 0.2) is 11.6 Å². The number of halogens is 3. The number of carbonyl (C=O) groups is 6. The quantitative estimate of drug-likeness (QED) is 0.220. The number of aliphatic hydroxyl groups is 1. The highest BCUT2D eigenvalue weighted by Crippen LogP contribution is 2.38. The van der Waals surface area contributed by atoms with Crippen molar-refractivity contribution in [1.29, 1.82) is 0 Å². The maximum Gasteiger partial charge on any atom is 0.330 e. The molecule has 14 heteroatoms. The minimum atomic E-state index is -1.59. The molecule has 0 saturated carbocycles. The number of urea groups is 2. The molecule has 2 fully saturated rings. The number of barbiturate groups is 2. The van der Waals surface area contributed by atoms with Crippen molar-refractivity contribution in [2.24, 2.45) is 10.8 Å². The monoisotopic (exact) mass is 596 g/mol. The number of rotatable bonds is 3. The van der Waals surface area contributed by atoms with Crippen LogP contribution in [-0.4, -0.2) is 62.1 Å². The Morgan fingerprint density at radius 3 is 1.76 bits per heavy atom. The number of amides is 8. The highest BCUT2D eigenvalue weighted by molar-refractivity contribution is 6.68. The van der Waals surface area contributed by atoms with Gasteiger partial charge in [0.2, 0.25) is 27.4 Å². The first-order chi connectivity index (χ1) is 17.3. The number of imide groups is 4. The molecule has 3 rings (SSSR count). The molecule has 2 aliphatic heterocycles. The fraction of sp³-hybridized carbons (Fsp3) is 0.667. The third kappa shape index (κ3) is 7.25. The smallest absolute Gasteiger partial charge is 0.330 e. The summed E-state index contributed by atoms with van der Waals surface area (Å²) in [4.78, 5) is 70.0. The van der Waals surface area contributed by atoms with Crippen LogP contribution >= 0.6 is 34.8 Å². The Morgan fingerprint density at radius 1 is 0.921 bits per heavy atom. The normalized spacial score (nSPS) is 23.6. The molecule has 0 spiro atoms. The summed E-state index contributed by atoms with van der Waals surface area (Å²) in [5, 5.41) is 15.4. The van der Waals surface area contributed by atoms with Gasteiger partial charge in [-0.1, -0.05) is 54.7 Å². The topological polar surface area (TPSA) is 162 Å². The summed E-state index contributed by atoms with van der Waals surface area (Å²) < 4.78 is -1.59. The van der Waals surface area contributed by atoms with Crippen molar-refractivity contribution in [3.8, 4) is 0 Å². The minimum Gasteiger partial charge on any atom is -0.386 e. The fourth-order valence-electron chi connectivity index (χ4n) is 3.88. The van der Waals surface area contributed by atoms with Gasteiger partial charge >= 0.3 is 12.1 Å². The SMILES string of the molecule is CC(C)(O)C(Cl)(Cl)Cl.CCC1(CC)C(=O)NC(=O)NC1=O.CN1C(=O)NC(=O)C(C)(C2=CCCCC2)C1=O. The summed E-state index contributed by atoms with van der Waals surface area (Å²) in [6, 6.07) is -1.37. The Labute approximate surface area is 237 Å². The molecule has 1 aliphatic carbocycles. The highest BCUT2D eigenvalue weighted by Gasteiger charge is 2.51. The molecule has 8 amide bonds. The maximum absolute atomic E-state index is 12.2. The average molecular weight is 598 g/mol. The average Bonchev–Trinajstić information content (AvgIpc) is 2.82. The van der Waals surface area contributed by atoms with Gasteiger partial charge in [0.25, 0.3) is 0 Å². The standard InChI is InChI=1S/C12H16N2O3.C8H12N2O3.C4H7Cl3O/c1-12(8-6-4-3-5-7-8)9(15)13-11(17)14(2)10(12)16;1-3-8(4-2)5(11)9-7(13)10-6(8)12;1-3(2,8)4(5,6)7/h6H,3-5,7H2,1-2H3,(H,13,15,17);3-4H2,1-2H3,(H2,9,10,11,12,13);8H,1-2H3. The predicted molar refractivity (Wildman–Crippen MR) is 142 cm³/mol. The highest BCUT2D eigenvalue weighted by atomic mass is 35.6. The molecular formula is C24H35Cl3N4O7. The molecule has 214 valence electrons. The number of nitrogens with one attached hydrogen (secondary N) is 3. The maximum atomic E-state index is 12.2. The lowest BCUT2D eigenvalue weighted by Crippen LogP contribution is -2.62. The lowest BCUT2D eigenvalue weighted by Gasteiger charge is -2.37. The van der Waals surface area contributed by atoms with E-state index in [1.807, 2.05) is 6.08 Å². The largest absolute Gasteiger partial charge is 0.386 e. The van der Waals surface area contributed by atoms with Crippen LogP contribution in [0.2, 0.25) is 0 Å². The second kappa shape index (κ2) is 12.8. The van der Waals surface area contributed by atoms with Gasteiger partial charge in [-0.3, -0.25) is 40.0 Å². The number of allylic oxidation sites excluding steroid dienone is 1. The number of hydrogen-bond donors (Lipinski definition) is 4. The van der Waals surface area contributed by atoms with E-state index in [-0.39, 0.29) is 0 Å². The van der Waals surface area contributed by atoms with Gasteiger partial charge in [-0.25, -0.2) is 9.59 Å². The van der Waals surface area contributed by atoms with E-state index in [0.29, 0.717) is 12.8 Å². The summed E-state index contributed by atoms with van der Waals surface area (Å²) >= 11 is 15.9. The lowest BCUT2D eigenvalue weighted by molar-refractivity contribution is -0.147. The third-order valence-corrected chi connectivity index (χ3v) is 8.26. The summed E-state index contributed by atoms with van der Waals surface area (Å²) in [5.41, 5.74) is -2.69. The van der Waals surface area contributed by atoms with Gasteiger partial charge in [0.05, 0.1) is 0 Å². The van der Waals surface area contributed by atoms with Crippen molar-refractivity contribution >= 4 is 70.5 Å². The van der Waals surface area contributed by atoms with E-state index in [1.165, 1.54) is 20.9 Å². The van der Waals surface area contributed by atoms with Gasteiger partial charge < -0.3 is 5.11 Å². The van der Waals surface area contributed by atoms with E-state index < -0.39 is 55.9 Å². The van der Waals surface area contributed by atoms with E-state index in [0.717, 1.165) is 36.2 Å². The summed E-state index contributed by atoms with van der Waals surface area (Å²) in [6.07, 6.45) is 6.47.